The highest BCUT2D eigenvalue weighted by molar-refractivity contribution is 7.93. The van der Waals surface area contributed by atoms with Gasteiger partial charge >= 0.3 is 0 Å². The zero-order valence-electron chi connectivity index (χ0n) is 16.5. The molecule has 1 aliphatic heterocycles. The van der Waals surface area contributed by atoms with Crippen molar-refractivity contribution in [1.82, 2.24) is 5.32 Å². The van der Waals surface area contributed by atoms with E-state index in [9.17, 15) is 13.2 Å². The van der Waals surface area contributed by atoms with Crippen LogP contribution in [0.4, 0.5) is 5.69 Å². The standard InChI is InChI=1S/C22H28N2O3S/c1-3-17(4-2)21(18-9-6-5-7-10-18)23-22(25)19-11-13-20(14-12-19)24-15-8-16-28(24,26)27/h5-7,9-14,17,21H,3-4,8,15-16H2,1-2H3,(H,23,25). The smallest absolute Gasteiger partial charge is 0.251 e. The molecule has 3 rings (SSSR count). The summed E-state index contributed by atoms with van der Waals surface area (Å²) in [5.74, 6) is 0.389. The van der Waals surface area contributed by atoms with E-state index in [1.54, 1.807) is 24.3 Å². The van der Waals surface area contributed by atoms with Crippen molar-refractivity contribution in [3.8, 4) is 0 Å². The van der Waals surface area contributed by atoms with Crippen molar-refractivity contribution in [3.63, 3.8) is 0 Å². The first-order valence-electron chi connectivity index (χ1n) is 9.92. The molecule has 0 bridgehead atoms. The molecular weight excluding hydrogens is 372 g/mol. The average Bonchev–Trinajstić information content (AvgIpc) is 3.07. The summed E-state index contributed by atoms with van der Waals surface area (Å²) in [6.45, 7) is 4.78. The van der Waals surface area contributed by atoms with Gasteiger partial charge in [-0.25, -0.2) is 8.42 Å². The van der Waals surface area contributed by atoms with Gasteiger partial charge in [-0.3, -0.25) is 9.10 Å². The van der Waals surface area contributed by atoms with Crippen LogP contribution in [0.5, 0.6) is 0 Å². The number of benzene rings is 2. The molecule has 1 amide bonds. The van der Waals surface area contributed by atoms with Crippen molar-refractivity contribution in [1.29, 1.82) is 0 Å². The van der Waals surface area contributed by atoms with Crippen LogP contribution in [-0.2, 0) is 10.0 Å². The number of nitrogens with zero attached hydrogens (tertiary/aromatic N) is 1. The molecule has 0 saturated carbocycles. The minimum Gasteiger partial charge on any atom is -0.345 e. The fourth-order valence-electron chi connectivity index (χ4n) is 3.83. The summed E-state index contributed by atoms with van der Waals surface area (Å²) in [4.78, 5) is 12.9. The number of amides is 1. The number of nitrogens with one attached hydrogen (secondary N) is 1. The van der Waals surface area contributed by atoms with Crippen molar-refractivity contribution in [2.75, 3.05) is 16.6 Å². The van der Waals surface area contributed by atoms with Crippen molar-refractivity contribution >= 4 is 21.6 Å². The molecule has 28 heavy (non-hydrogen) atoms. The Morgan fingerprint density at radius 1 is 1.04 bits per heavy atom. The Kier molecular flexibility index (Phi) is 6.39. The number of hydrogen-bond donors (Lipinski definition) is 1. The third-order valence-electron chi connectivity index (χ3n) is 5.48. The number of sulfonamides is 1. The Balaban J connectivity index is 1.78. The van der Waals surface area contributed by atoms with E-state index < -0.39 is 10.0 Å². The first-order valence-corrected chi connectivity index (χ1v) is 11.5. The van der Waals surface area contributed by atoms with Crippen molar-refractivity contribution in [2.24, 2.45) is 5.92 Å². The van der Waals surface area contributed by atoms with E-state index in [4.69, 9.17) is 0 Å². The van der Waals surface area contributed by atoms with E-state index in [0.717, 1.165) is 18.4 Å². The lowest BCUT2D eigenvalue weighted by molar-refractivity contribution is 0.0919. The monoisotopic (exact) mass is 400 g/mol. The van der Waals surface area contributed by atoms with Crippen molar-refractivity contribution in [3.05, 3.63) is 65.7 Å². The normalized spacial score (nSPS) is 16.9. The van der Waals surface area contributed by atoms with Crippen LogP contribution < -0.4 is 9.62 Å². The number of hydrogen-bond acceptors (Lipinski definition) is 3. The van der Waals surface area contributed by atoms with Crippen molar-refractivity contribution in [2.45, 2.75) is 39.2 Å². The second kappa shape index (κ2) is 8.78. The summed E-state index contributed by atoms with van der Waals surface area (Å²) >= 11 is 0. The molecule has 0 radical (unpaired) electrons. The van der Waals surface area contributed by atoms with Gasteiger partial charge in [0.2, 0.25) is 10.0 Å². The van der Waals surface area contributed by atoms with Gasteiger partial charge in [0.15, 0.2) is 0 Å². The highest BCUT2D eigenvalue weighted by atomic mass is 32.2. The third kappa shape index (κ3) is 4.38. The molecule has 1 unspecified atom stereocenters. The van der Waals surface area contributed by atoms with Gasteiger partial charge in [0, 0.05) is 12.1 Å². The highest BCUT2D eigenvalue weighted by Gasteiger charge is 2.28. The lowest BCUT2D eigenvalue weighted by Crippen LogP contribution is -2.33. The van der Waals surface area contributed by atoms with E-state index in [1.807, 2.05) is 30.3 Å². The first-order chi connectivity index (χ1) is 13.5. The molecule has 0 aliphatic carbocycles. The average molecular weight is 401 g/mol. The van der Waals surface area contributed by atoms with E-state index >= 15 is 0 Å². The zero-order valence-corrected chi connectivity index (χ0v) is 17.3. The number of carbonyl (C=O) groups excluding carboxylic acids is 1. The minimum absolute atomic E-state index is 0.0534. The molecule has 1 aliphatic rings. The number of carbonyl (C=O) groups is 1. The summed E-state index contributed by atoms with van der Waals surface area (Å²) in [7, 11) is -3.21. The van der Waals surface area contributed by atoms with Gasteiger partial charge < -0.3 is 5.32 Å². The fraction of sp³-hybridized carbons (Fsp3) is 0.409. The molecule has 2 aromatic carbocycles. The van der Waals surface area contributed by atoms with Crippen LogP contribution in [0.2, 0.25) is 0 Å². The zero-order chi connectivity index (χ0) is 20.1. The van der Waals surface area contributed by atoms with E-state index in [0.29, 0.717) is 30.1 Å². The predicted molar refractivity (Wildman–Crippen MR) is 113 cm³/mol. The van der Waals surface area contributed by atoms with Gasteiger partial charge in [0.25, 0.3) is 5.91 Å². The Morgan fingerprint density at radius 2 is 1.68 bits per heavy atom. The largest absolute Gasteiger partial charge is 0.345 e. The molecule has 0 spiro atoms. The lowest BCUT2D eigenvalue weighted by atomic mass is 9.88. The molecule has 1 N–H and O–H groups in total. The Bertz CT molecular complexity index is 891. The number of rotatable bonds is 7. The summed E-state index contributed by atoms with van der Waals surface area (Å²) in [6.07, 6.45) is 2.59. The van der Waals surface area contributed by atoms with Crippen LogP contribution in [0.25, 0.3) is 0 Å². The fourth-order valence-corrected chi connectivity index (χ4v) is 5.39. The lowest BCUT2D eigenvalue weighted by Gasteiger charge is -2.27. The van der Waals surface area contributed by atoms with Gasteiger partial charge in [0.05, 0.1) is 17.5 Å². The van der Waals surface area contributed by atoms with Crippen LogP contribution >= 0.6 is 0 Å². The molecular formula is C22H28N2O3S. The van der Waals surface area contributed by atoms with Crippen molar-refractivity contribution < 1.29 is 13.2 Å². The SMILES string of the molecule is CCC(CC)C(NC(=O)c1ccc(N2CCCS2(=O)=O)cc1)c1ccccc1. The summed E-state index contributed by atoms with van der Waals surface area (Å²) in [5, 5.41) is 3.19. The molecule has 1 atom stereocenters. The molecule has 150 valence electrons. The van der Waals surface area contributed by atoms with E-state index in [2.05, 4.69) is 19.2 Å². The highest BCUT2D eigenvalue weighted by Crippen LogP contribution is 2.28. The number of anilines is 1. The van der Waals surface area contributed by atoms with Gasteiger partial charge in [-0.2, -0.15) is 0 Å². The van der Waals surface area contributed by atoms with E-state index in [1.165, 1.54) is 4.31 Å². The quantitative estimate of drug-likeness (QED) is 0.760. The van der Waals surface area contributed by atoms with Crippen LogP contribution in [0, 0.1) is 5.92 Å². The van der Waals surface area contributed by atoms with Gasteiger partial charge in [-0.05, 0) is 42.2 Å². The Hall–Kier alpha value is -2.34. The van der Waals surface area contributed by atoms with Crippen LogP contribution in [-0.4, -0.2) is 26.6 Å². The molecule has 6 heteroatoms. The van der Waals surface area contributed by atoms with Crippen LogP contribution in [0.15, 0.2) is 54.6 Å². The molecule has 2 aromatic rings. The maximum atomic E-state index is 12.9. The second-order valence-electron chi connectivity index (χ2n) is 7.23. The van der Waals surface area contributed by atoms with Gasteiger partial charge in [-0.15, -0.1) is 0 Å². The van der Waals surface area contributed by atoms with Gasteiger partial charge in [0.1, 0.15) is 0 Å². The minimum atomic E-state index is -3.21. The molecule has 0 aromatic heterocycles. The molecule has 1 saturated heterocycles. The molecule has 1 fully saturated rings. The topological polar surface area (TPSA) is 66.5 Å². The summed E-state index contributed by atoms with van der Waals surface area (Å²) in [5.41, 5.74) is 2.25. The second-order valence-corrected chi connectivity index (χ2v) is 9.24. The molecule has 1 heterocycles. The van der Waals surface area contributed by atoms with Crippen LogP contribution in [0.3, 0.4) is 0 Å². The summed E-state index contributed by atoms with van der Waals surface area (Å²) in [6, 6.07) is 16.8. The van der Waals surface area contributed by atoms with E-state index in [-0.39, 0.29) is 17.7 Å². The maximum absolute atomic E-state index is 12.9. The van der Waals surface area contributed by atoms with Crippen LogP contribution in [0.1, 0.15) is 55.1 Å². The molecule has 5 nitrogen and oxygen atoms in total. The maximum Gasteiger partial charge on any atom is 0.251 e. The first kappa shape index (κ1) is 20.4. The van der Waals surface area contributed by atoms with Gasteiger partial charge in [-0.1, -0.05) is 57.0 Å². The Labute approximate surface area is 167 Å². The summed E-state index contributed by atoms with van der Waals surface area (Å²) < 4.78 is 25.6. The predicted octanol–water partition coefficient (Wildman–Crippen LogP) is 4.13. The third-order valence-corrected chi connectivity index (χ3v) is 7.35. The Morgan fingerprint density at radius 3 is 2.21 bits per heavy atom.